The van der Waals surface area contributed by atoms with Gasteiger partial charge < -0.3 is 14.8 Å². The minimum Gasteiger partial charge on any atom is -0.446 e. The molecular weight excluding hydrogens is 292 g/mol. The first-order chi connectivity index (χ1) is 10.3. The van der Waals surface area contributed by atoms with Crippen LogP contribution in [0.3, 0.4) is 0 Å². The molecule has 0 aromatic carbocycles. The second kappa shape index (κ2) is 6.79. The van der Waals surface area contributed by atoms with Crippen molar-refractivity contribution in [3.63, 3.8) is 0 Å². The molecule has 0 bridgehead atoms. The molecule has 1 aromatic rings. The van der Waals surface area contributed by atoms with E-state index in [1.54, 1.807) is 12.4 Å². The van der Waals surface area contributed by atoms with E-state index in [-0.39, 0.29) is 5.97 Å². The van der Waals surface area contributed by atoms with Crippen LogP contribution >= 0.6 is 11.3 Å². The van der Waals surface area contributed by atoms with E-state index >= 15 is 0 Å². The highest BCUT2D eigenvalue weighted by Crippen LogP contribution is 2.10. The second-order valence-electron chi connectivity index (χ2n) is 4.61. The molecule has 3 heterocycles. The highest BCUT2D eigenvalue weighted by molar-refractivity contribution is 7.11. The van der Waals surface area contributed by atoms with E-state index in [1.165, 1.54) is 11.3 Å². The third-order valence-electron chi connectivity index (χ3n) is 3.17. The summed E-state index contributed by atoms with van der Waals surface area (Å²) in [6.45, 7) is 3.55. The Labute approximate surface area is 126 Å². The Bertz CT molecular complexity index is 550. The molecule has 2 aliphatic heterocycles. The van der Waals surface area contributed by atoms with Gasteiger partial charge in [-0.25, -0.2) is 9.78 Å². The SMILES string of the molecule is O=C(OCN1CCOCC1)C1=CNC(c2nccs2)=NC1. The van der Waals surface area contributed by atoms with Crippen molar-refractivity contribution in [3.8, 4) is 0 Å². The molecule has 0 unspecified atom stereocenters. The zero-order valence-electron chi connectivity index (χ0n) is 11.4. The maximum Gasteiger partial charge on any atom is 0.338 e. The summed E-state index contributed by atoms with van der Waals surface area (Å²) < 4.78 is 10.5. The van der Waals surface area contributed by atoms with Gasteiger partial charge in [-0.3, -0.25) is 9.89 Å². The van der Waals surface area contributed by atoms with E-state index < -0.39 is 0 Å². The molecule has 1 fully saturated rings. The van der Waals surface area contributed by atoms with Crippen LogP contribution in [0.2, 0.25) is 0 Å². The van der Waals surface area contributed by atoms with E-state index in [0.717, 1.165) is 18.1 Å². The summed E-state index contributed by atoms with van der Waals surface area (Å²) in [6.07, 6.45) is 3.37. The van der Waals surface area contributed by atoms with Crippen molar-refractivity contribution in [2.24, 2.45) is 4.99 Å². The predicted octanol–water partition coefficient (Wildman–Crippen LogP) is 0.210. The number of aliphatic imine (C=N–C) groups is 1. The zero-order valence-corrected chi connectivity index (χ0v) is 12.3. The fourth-order valence-electron chi connectivity index (χ4n) is 1.98. The van der Waals surface area contributed by atoms with E-state index in [2.05, 4.69) is 15.3 Å². The summed E-state index contributed by atoms with van der Waals surface area (Å²) in [5, 5.41) is 5.69. The number of aromatic nitrogens is 1. The summed E-state index contributed by atoms with van der Waals surface area (Å²) in [4.78, 5) is 22.5. The number of morpholine rings is 1. The summed E-state index contributed by atoms with van der Waals surface area (Å²) >= 11 is 1.50. The quantitative estimate of drug-likeness (QED) is 0.801. The molecule has 0 amide bonds. The molecule has 0 aliphatic carbocycles. The third-order valence-corrected chi connectivity index (χ3v) is 3.95. The van der Waals surface area contributed by atoms with Crippen LogP contribution in [-0.4, -0.2) is 61.3 Å². The van der Waals surface area contributed by atoms with Crippen LogP contribution in [0.15, 0.2) is 28.3 Å². The van der Waals surface area contributed by atoms with Crippen molar-refractivity contribution in [1.82, 2.24) is 15.2 Å². The molecule has 1 N–H and O–H groups in total. The number of rotatable bonds is 4. The fraction of sp³-hybridized carbons (Fsp3) is 0.462. The van der Waals surface area contributed by atoms with Gasteiger partial charge in [0.05, 0.1) is 25.3 Å². The van der Waals surface area contributed by atoms with Crippen molar-refractivity contribution >= 4 is 23.1 Å². The normalized spacial score (nSPS) is 19.4. The van der Waals surface area contributed by atoms with Crippen LogP contribution in [0, 0.1) is 0 Å². The molecule has 2 aliphatic rings. The predicted molar refractivity (Wildman–Crippen MR) is 78.1 cm³/mol. The van der Waals surface area contributed by atoms with Crippen LogP contribution in [0.1, 0.15) is 5.01 Å². The topological polar surface area (TPSA) is 76.0 Å². The van der Waals surface area contributed by atoms with Crippen LogP contribution in [0.4, 0.5) is 0 Å². The highest BCUT2D eigenvalue weighted by Gasteiger charge is 2.18. The first-order valence-corrected chi connectivity index (χ1v) is 7.58. The molecule has 1 aromatic heterocycles. The number of thiazole rings is 1. The number of ether oxygens (including phenoxy) is 2. The largest absolute Gasteiger partial charge is 0.446 e. The zero-order chi connectivity index (χ0) is 14.5. The molecule has 1 saturated heterocycles. The van der Waals surface area contributed by atoms with E-state index in [9.17, 15) is 4.79 Å². The Morgan fingerprint density at radius 2 is 2.33 bits per heavy atom. The van der Waals surface area contributed by atoms with Gasteiger partial charge in [0.1, 0.15) is 6.73 Å². The number of nitrogens with one attached hydrogen (secondary N) is 1. The maximum absolute atomic E-state index is 12.0. The Morgan fingerprint density at radius 3 is 3.00 bits per heavy atom. The average molecular weight is 308 g/mol. The van der Waals surface area contributed by atoms with Gasteiger partial charge in [-0.1, -0.05) is 0 Å². The number of nitrogens with zero attached hydrogens (tertiary/aromatic N) is 3. The molecule has 0 saturated carbocycles. The van der Waals surface area contributed by atoms with Crippen molar-refractivity contribution in [1.29, 1.82) is 0 Å². The molecular formula is C13H16N4O3S. The summed E-state index contributed by atoms with van der Waals surface area (Å²) in [5.41, 5.74) is 0.517. The Balaban J connectivity index is 1.48. The number of hydrogen-bond donors (Lipinski definition) is 1. The number of amidine groups is 1. The number of carbonyl (C=O) groups excluding carboxylic acids is 1. The van der Waals surface area contributed by atoms with Crippen LogP contribution in [0.5, 0.6) is 0 Å². The van der Waals surface area contributed by atoms with Gasteiger partial charge in [0.15, 0.2) is 10.8 Å². The molecule has 0 radical (unpaired) electrons. The molecule has 3 rings (SSSR count). The van der Waals surface area contributed by atoms with E-state index in [4.69, 9.17) is 9.47 Å². The Hall–Kier alpha value is -1.77. The lowest BCUT2D eigenvalue weighted by atomic mass is 10.2. The van der Waals surface area contributed by atoms with Crippen LogP contribution < -0.4 is 5.32 Å². The molecule has 7 nitrogen and oxygen atoms in total. The van der Waals surface area contributed by atoms with Crippen molar-refractivity contribution in [3.05, 3.63) is 28.4 Å². The van der Waals surface area contributed by atoms with E-state index in [1.807, 2.05) is 10.3 Å². The lowest BCUT2D eigenvalue weighted by molar-refractivity contribution is -0.145. The Kier molecular flexibility index (Phi) is 4.59. The van der Waals surface area contributed by atoms with Gasteiger partial charge in [-0.05, 0) is 0 Å². The van der Waals surface area contributed by atoms with Gasteiger partial charge in [0, 0.05) is 30.9 Å². The standard InChI is InChI=1S/C13H16N4O3S/c18-13(20-9-17-2-4-19-5-3-17)10-7-15-11(16-8-10)12-14-1-6-21-12/h1,6-7H,2-5,8-9H2,(H,15,16). The molecule has 0 spiro atoms. The summed E-state index contributed by atoms with van der Waals surface area (Å²) in [5.74, 6) is 0.352. The van der Waals surface area contributed by atoms with Crippen molar-refractivity contribution in [2.75, 3.05) is 39.6 Å². The van der Waals surface area contributed by atoms with Gasteiger partial charge in [-0.2, -0.15) is 0 Å². The van der Waals surface area contributed by atoms with Gasteiger partial charge in [0.25, 0.3) is 0 Å². The lowest BCUT2D eigenvalue weighted by Crippen LogP contribution is -2.38. The van der Waals surface area contributed by atoms with E-state index in [0.29, 0.717) is 37.9 Å². The molecule has 21 heavy (non-hydrogen) atoms. The summed E-state index contributed by atoms with van der Waals surface area (Å²) in [7, 11) is 0. The minimum atomic E-state index is -0.337. The van der Waals surface area contributed by atoms with Crippen molar-refractivity contribution in [2.45, 2.75) is 0 Å². The molecule has 112 valence electrons. The Morgan fingerprint density at radius 1 is 1.48 bits per heavy atom. The first-order valence-electron chi connectivity index (χ1n) is 6.70. The van der Waals surface area contributed by atoms with Crippen LogP contribution in [0.25, 0.3) is 0 Å². The fourth-order valence-corrected chi connectivity index (χ4v) is 2.58. The number of carbonyl (C=O) groups is 1. The average Bonchev–Trinajstić information content (AvgIpc) is 3.08. The van der Waals surface area contributed by atoms with Gasteiger partial charge in [-0.15, -0.1) is 11.3 Å². The maximum atomic E-state index is 12.0. The second-order valence-corrected chi connectivity index (χ2v) is 5.50. The van der Waals surface area contributed by atoms with Crippen LogP contribution in [-0.2, 0) is 14.3 Å². The highest BCUT2D eigenvalue weighted by atomic mass is 32.1. The molecule has 8 heteroatoms. The number of esters is 1. The monoisotopic (exact) mass is 308 g/mol. The molecule has 0 atom stereocenters. The van der Waals surface area contributed by atoms with Crippen molar-refractivity contribution < 1.29 is 14.3 Å². The number of hydrogen-bond acceptors (Lipinski definition) is 8. The summed E-state index contributed by atoms with van der Waals surface area (Å²) in [6, 6.07) is 0. The van der Waals surface area contributed by atoms with Gasteiger partial charge in [0.2, 0.25) is 0 Å². The third kappa shape index (κ3) is 3.66. The lowest BCUT2D eigenvalue weighted by Gasteiger charge is -2.26. The first kappa shape index (κ1) is 14.2. The minimum absolute atomic E-state index is 0.294. The van der Waals surface area contributed by atoms with Gasteiger partial charge >= 0.3 is 5.97 Å². The smallest absolute Gasteiger partial charge is 0.338 e.